The van der Waals surface area contributed by atoms with E-state index >= 15 is 0 Å². The predicted molar refractivity (Wildman–Crippen MR) is 45.8 cm³/mol. The zero-order chi connectivity index (χ0) is 8.65. The van der Waals surface area contributed by atoms with Crippen LogP contribution in [0.5, 0.6) is 0 Å². The lowest BCUT2D eigenvalue weighted by molar-refractivity contribution is 0.267. The second-order valence-electron chi connectivity index (χ2n) is 3.68. The largest absolute Gasteiger partial charge is 0.386 e. The minimum atomic E-state index is -0.0539. The molecule has 1 heterocycles. The molecule has 0 aromatic rings. The van der Waals surface area contributed by atoms with Gasteiger partial charge in [0.2, 0.25) is 5.96 Å². The van der Waals surface area contributed by atoms with Crippen LogP contribution in [-0.4, -0.2) is 28.8 Å². The van der Waals surface area contributed by atoms with Crippen molar-refractivity contribution in [3.63, 3.8) is 0 Å². The van der Waals surface area contributed by atoms with Gasteiger partial charge < -0.3 is 10.6 Å². The number of amidine groups is 1. The highest BCUT2D eigenvalue weighted by atomic mass is 15.3. The number of guanidine groups is 1. The lowest BCUT2D eigenvalue weighted by atomic mass is 10.1. The van der Waals surface area contributed by atoms with E-state index in [2.05, 4.69) is 4.99 Å². The fraction of sp³-hybridized carbons (Fsp3) is 0.714. The molecule has 0 unspecified atom stereocenters. The van der Waals surface area contributed by atoms with Crippen LogP contribution in [0, 0.1) is 5.41 Å². The number of nitrogens with zero attached hydrogens (tertiary/aromatic N) is 2. The van der Waals surface area contributed by atoms with Gasteiger partial charge in [0.05, 0.1) is 6.54 Å². The molecule has 3 N–H and O–H groups in total. The molecule has 1 aliphatic heterocycles. The van der Waals surface area contributed by atoms with E-state index in [0.717, 1.165) is 0 Å². The Labute approximate surface area is 66.6 Å². The van der Waals surface area contributed by atoms with Crippen LogP contribution in [-0.2, 0) is 0 Å². The highest BCUT2D eigenvalue weighted by Gasteiger charge is 2.28. The zero-order valence-electron chi connectivity index (χ0n) is 7.18. The fourth-order valence-corrected chi connectivity index (χ4v) is 1.02. The summed E-state index contributed by atoms with van der Waals surface area (Å²) in [5, 5.41) is 7.45. The van der Waals surface area contributed by atoms with Crippen LogP contribution in [0.4, 0.5) is 0 Å². The molecule has 4 nitrogen and oxygen atoms in total. The third kappa shape index (κ3) is 1.50. The molecule has 4 heteroatoms. The average Bonchev–Trinajstić information content (AvgIpc) is 2.08. The molecule has 62 valence electrons. The van der Waals surface area contributed by atoms with E-state index in [-0.39, 0.29) is 11.5 Å². The van der Waals surface area contributed by atoms with Gasteiger partial charge in [-0.2, -0.15) is 4.99 Å². The summed E-state index contributed by atoms with van der Waals surface area (Å²) >= 11 is 0. The highest BCUT2D eigenvalue weighted by molar-refractivity contribution is 6.01. The van der Waals surface area contributed by atoms with Crippen molar-refractivity contribution in [1.29, 1.82) is 5.41 Å². The van der Waals surface area contributed by atoms with Crippen LogP contribution in [0.15, 0.2) is 4.99 Å². The minimum absolute atomic E-state index is 0.0539. The molecule has 11 heavy (non-hydrogen) atoms. The van der Waals surface area contributed by atoms with Gasteiger partial charge >= 0.3 is 0 Å². The first kappa shape index (κ1) is 8.04. The lowest BCUT2D eigenvalue weighted by Crippen LogP contribution is -2.43. The zero-order valence-corrected chi connectivity index (χ0v) is 7.18. The SMILES string of the molecule is CC(C)(C)N1CC(N)=NC1=N. The van der Waals surface area contributed by atoms with Crippen LogP contribution in [0.25, 0.3) is 0 Å². The Balaban J connectivity index is 2.75. The van der Waals surface area contributed by atoms with Crippen molar-refractivity contribution < 1.29 is 0 Å². The molecule has 0 aromatic heterocycles. The Morgan fingerprint density at radius 3 is 2.27 bits per heavy atom. The van der Waals surface area contributed by atoms with Gasteiger partial charge in [0.1, 0.15) is 5.84 Å². The molecule has 0 aliphatic carbocycles. The van der Waals surface area contributed by atoms with Crippen molar-refractivity contribution in [3.8, 4) is 0 Å². The molecular weight excluding hydrogens is 140 g/mol. The number of hydrogen-bond acceptors (Lipinski definition) is 2. The number of hydrogen-bond donors (Lipinski definition) is 2. The molecule has 1 rings (SSSR count). The Bertz CT molecular complexity index is 211. The summed E-state index contributed by atoms with van der Waals surface area (Å²) in [5.74, 6) is 0.805. The molecule has 0 bridgehead atoms. The van der Waals surface area contributed by atoms with E-state index in [1.807, 2.05) is 25.7 Å². The number of rotatable bonds is 0. The van der Waals surface area contributed by atoms with E-state index in [9.17, 15) is 0 Å². The van der Waals surface area contributed by atoms with Crippen molar-refractivity contribution >= 4 is 11.8 Å². The van der Waals surface area contributed by atoms with Gasteiger partial charge in [-0.3, -0.25) is 5.41 Å². The maximum absolute atomic E-state index is 7.45. The molecule has 0 spiro atoms. The van der Waals surface area contributed by atoms with Crippen LogP contribution in [0.1, 0.15) is 20.8 Å². The van der Waals surface area contributed by atoms with Crippen LogP contribution in [0.2, 0.25) is 0 Å². The maximum atomic E-state index is 7.45. The first-order valence-electron chi connectivity index (χ1n) is 3.60. The number of nitrogens with one attached hydrogen (secondary N) is 1. The smallest absolute Gasteiger partial charge is 0.220 e. The fourth-order valence-electron chi connectivity index (χ4n) is 1.02. The molecule has 0 fully saturated rings. The van der Waals surface area contributed by atoms with Crippen molar-refractivity contribution in [2.24, 2.45) is 10.7 Å². The predicted octanol–water partition coefficient (Wildman–Crippen LogP) is 0.392. The molecule has 0 atom stereocenters. The highest BCUT2D eigenvalue weighted by Crippen LogP contribution is 2.16. The van der Waals surface area contributed by atoms with E-state index < -0.39 is 0 Å². The second kappa shape index (κ2) is 2.22. The average molecular weight is 154 g/mol. The van der Waals surface area contributed by atoms with E-state index in [1.54, 1.807) is 0 Å². The molecular formula is C7H14N4. The van der Waals surface area contributed by atoms with Gasteiger partial charge in [0.25, 0.3) is 0 Å². The van der Waals surface area contributed by atoms with Gasteiger partial charge in [0, 0.05) is 5.54 Å². The molecule has 0 saturated carbocycles. The van der Waals surface area contributed by atoms with E-state index in [4.69, 9.17) is 11.1 Å². The third-order valence-corrected chi connectivity index (χ3v) is 1.64. The van der Waals surface area contributed by atoms with E-state index in [0.29, 0.717) is 12.4 Å². The van der Waals surface area contributed by atoms with Crippen LogP contribution >= 0.6 is 0 Å². The standard InChI is InChI=1S/C7H14N4/c1-7(2,3)11-4-5(8)10-6(11)9/h4H2,1-3H3,(H3,8,9,10). The van der Waals surface area contributed by atoms with Crippen LogP contribution in [0.3, 0.4) is 0 Å². The summed E-state index contributed by atoms with van der Waals surface area (Å²) in [4.78, 5) is 5.70. The van der Waals surface area contributed by atoms with Crippen LogP contribution < -0.4 is 5.73 Å². The normalized spacial score (nSPS) is 19.0. The van der Waals surface area contributed by atoms with Gasteiger partial charge in [-0.05, 0) is 20.8 Å². The molecule has 0 amide bonds. The first-order chi connectivity index (χ1) is 4.91. The number of aliphatic imine (C=N–C) groups is 1. The van der Waals surface area contributed by atoms with E-state index in [1.165, 1.54) is 0 Å². The second-order valence-corrected chi connectivity index (χ2v) is 3.68. The van der Waals surface area contributed by atoms with Gasteiger partial charge in [-0.1, -0.05) is 0 Å². The third-order valence-electron chi connectivity index (χ3n) is 1.64. The number of nitrogens with two attached hydrogens (primary N) is 1. The molecule has 0 saturated heterocycles. The first-order valence-corrected chi connectivity index (χ1v) is 3.60. The van der Waals surface area contributed by atoms with Crippen molar-refractivity contribution in [3.05, 3.63) is 0 Å². The Hall–Kier alpha value is -1.06. The summed E-state index contributed by atoms with van der Waals surface area (Å²) in [7, 11) is 0. The monoisotopic (exact) mass is 154 g/mol. The molecule has 0 aromatic carbocycles. The van der Waals surface area contributed by atoms with Crippen molar-refractivity contribution in [1.82, 2.24) is 4.90 Å². The summed E-state index contributed by atoms with van der Waals surface area (Å²) < 4.78 is 0. The minimum Gasteiger partial charge on any atom is -0.386 e. The topological polar surface area (TPSA) is 65.5 Å². The molecule has 1 aliphatic rings. The lowest BCUT2D eigenvalue weighted by Gasteiger charge is -2.31. The Kier molecular flexibility index (Phi) is 1.62. The molecule has 0 radical (unpaired) electrons. The van der Waals surface area contributed by atoms with Gasteiger partial charge in [0.15, 0.2) is 0 Å². The Morgan fingerprint density at radius 2 is 2.09 bits per heavy atom. The van der Waals surface area contributed by atoms with Gasteiger partial charge in [-0.25, -0.2) is 0 Å². The Morgan fingerprint density at radius 1 is 1.55 bits per heavy atom. The summed E-state index contributed by atoms with van der Waals surface area (Å²) in [6.07, 6.45) is 0. The maximum Gasteiger partial charge on any atom is 0.220 e. The van der Waals surface area contributed by atoms with Gasteiger partial charge in [-0.15, -0.1) is 0 Å². The summed E-state index contributed by atoms with van der Waals surface area (Å²) in [5.41, 5.74) is 5.43. The quantitative estimate of drug-likeness (QED) is 0.530. The van der Waals surface area contributed by atoms with Crippen molar-refractivity contribution in [2.45, 2.75) is 26.3 Å². The summed E-state index contributed by atoms with van der Waals surface area (Å²) in [6, 6.07) is 0. The van der Waals surface area contributed by atoms with Crippen molar-refractivity contribution in [2.75, 3.05) is 6.54 Å². The summed E-state index contributed by atoms with van der Waals surface area (Å²) in [6.45, 7) is 6.70.